The quantitative estimate of drug-likeness (QED) is 0.330. The Bertz CT molecular complexity index is 838. The molecule has 0 amide bonds. The Morgan fingerprint density at radius 3 is 1.62 bits per heavy atom. The number of aromatic hydroxyl groups is 5. The van der Waals surface area contributed by atoms with Gasteiger partial charge in [0.1, 0.15) is 17.2 Å². The first-order valence-electron chi connectivity index (χ1n) is 8.74. The van der Waals surface area contributed by atoms with Crippen molar-refractivity contribution >= 4 is 5.97 Å². The number of phenolic OH excluding ortho intramolecular Hbond substituents is 5. The highest BCUT2D eigenvalue weighted by molar-refractivity contribution is 5.89. The number of carbonyl (C=O) groups excluding carboxylic acids is 1. The Morgan fingerprint density at radius 1 is 0.724 bits per heavy atom. The molecule has 3 aromatic carbocycles. The van der Waals surface area contributed by atoms with E-state index in [0.717, 1.165) is 6.42 Å². The van der Waals surface area contributed by atoms with Crippen molar-refractivity contribution in [3.63, 3.8) is 0 Å². The van der Waals surface area contributed by atoms with Gasteiger partial charge in [-0.3, -0.25) is 0 Å². The van der Waals surface area contributed by atoms with Crippen LogP contribution in [0.3, 0.4) is 0 Å². The average Bonchev–Trinajstić information content (AvgIpc) is 2.70. The van der Waals surface area contributed by atoms with Crippen molar-refractivity contribution in [2.45, 2.75) is 13.3 Å². The highest BCUT2D eigenvalue weighted by Gasteiger charge is 2.05. The zero-order chi connectivity index (χ0) is 21.6. The maximum Gasteiger partial charge on any atom is 0.338 e. The van der Waals surface area contributed by atoms with Gasteiger partial charge in [-0.15, -0.1) is 0 Å². The number of carbonyl (C=O) groups is 1. The number of hydrogen-bond acceptors (Lipinski definition) is 7. The molecule has 0 fully saturated rings. The predicted molar refractivity (Wildman–Crippen MR) is 108 cm³/mol. The highest BCUT2D eigenvalue weighted by Crippen LogP contribution is 2.21. The maximum atomic E-state index is 11.2. The van der Waals surface area contributed by atoms with Gasteiger partial charge in [0, 0.05) is 6.07 Å². The van der Waals surface area contributed by atoms with Crippen LogP contribution < -0.4 is 0 Å². The van der Waals surface area contributed by atoms with Gasteiger partial charge in [0.15, 0.2) is 11.5 Å². The maximum absolute atomic E-state index is 11.2. The number of esters is 1. The van der Waals surface area contributed by atoms with E-state index in [1.165, 1.54) is 54.6 Å². The van der Waals surface area contributed by atoms with Crippen molar-refractivity contribution in [1.82, 2.24) is 0 Å². The molecular weight excluding hydrogens is 376 g/mol. The first-order valence-corrected chi connectivity index (χ1v) is 8.74. The monoisotopic (exact) mass is 400 g/mol. The third-order valence-corrected chi connectivity index (χ3v) is 3.25. The van der Waals surface area contributed by atoms with Gasteiger partial charge in [0.2, 0.25) is 0 Å². The van der Waals surface area contributed by atoms with Crippen molar-refractivity contribution < 1.29 is 35.1 Å². The van der Waals surface area contributed by atoms with Crippen LogP contribution in [0, 0.1) is 0 Å². The van der Waals surface area contributed by atoms with Crippen LogP contribution in [0.25, 0.3) is 0 Å². The molecular formula is C22H24O7. The Morgan fingerprint density at radius 2 is 1.24 bits per heavy atom. The summed E-state index contributed by atoms with van der Waals surface area (Å²) in [7, 11) is 0. The van der Waals surface area contributed by atoms with Crippen molar-refractivity contribution in [2.75, 3.05) is 6.61 Å². The number of benzene rings is 3. The summed E-state index contributed by atoms with van der Waals surface area (Å²) in [6.07, 6.45) is 0.809. The third kappa shape index (κ3) is 9.58. The molecule has 0 aromatic heterocycles. The number of ether oxygens (including phenoxy) is 1. The van der Waals surface area contributed by atoms with Crippen molar-refractivity contribution in [3.05, 3.63) is 78.4 Å². The van der Waals surface area contributed by atoms with Gasteiger partial charge in [-0.1, -0.05) is 25.1 Å². The fourth-order valence-electron chi connectivity index (χ4n) is 1.83. The topological polar surface area (TPSA) is 127 Å². The first kappa shape index (κ1) is 23.2. The smallest absolute Gasteiger partial charge is 0.338 e. The van der Waals surface area contributed by atoms with E-state index in [1.54, 1.807) is 18.2 Å². The Labute approximate surface area is 168 Å². The van der Waals surface area contributed by atoms with Crippen LogP contribution in [-0.4, -0.2) is 38.1 Å². The molecule has 0 unspecified atom stereocenters. The average molecular weight is 400 g/mol. The van der Waals surface area contributed by atoms with Crippen molar-refractivity contribution in [2.24, 2.45) is 0 Å². The van der Waals surface area contributed by atoms with Gasteiger partial charge < -0.3 is 30.3 Å². The van der Waals surface area contributed by atoms with Gasteiger partial charge in [-0.05, 0) is 55.0 Å². The molecule has 0 heterocycles. The summed E-state index contributed by atoms with van der Waals surface area (Å²) < 4.78 is 4.90. The van der Waals surface area contributed by atoms with Crippen LogP contribution in [0.4, 0.5) is 0 Å². The molecule has 154 valence electrons. The molecule has 0 spiro atoms. The summed E-state index contributed by atoms with van der Waals surface area (Å²) in [5.41, 5.74) is 0.464. The Balaban J connectivity index is 0.000000228. The van der Waals surface area contributed by atoms with E-state index in [4.69, 9.17) is 30.3 Å². The normalized spacial score (nSPS) is 9.28. The van der Waals surface area contributed by atoms with Crippen LogP contribution in [0.2, 0.25) is 0 Å². The first-order chi connectivity index (χ1) is 13.8. The van der Waals surface area contributed by atoms with Gasteiger partial charge in [0.25, 0.3) is 0 Å². The highest BCUT2D eigenvalue weighted by atomic mass is 16.5. The van der Waals surface area contributed by atoms with Gasteiger partial charge in [-0.25, -0.2) is 4.79 Å². The molecule has 7 heteroatoms. The molecule has 7 nitrogen and oxygen atoms in total. The SMILES string of the molecule is CCCOC(=O)c1ccc(O)cc1.Oc1cccc(O)c1.Oc1ccccc1O. The number of para-hydroxylation sites is 2. The van der Waals surface area contributed by atoms with Gasteiger partial charge in [0.05, 0.1) is 12.2 Å². The summed E-state index contributed by atoms with van der Waals surface area (Å²) in [5.74, 6) is -0.177. The lowest BCUT2D eigenvalue weighted by Gasteiger charge is -2.02. The second-order valence-electron chi connectivity index (χ2n) is 5.69. The number of rotatable bonds is 3. The number of phenols is 5. The molecule has 0 atom stereocenters. The van der Waals surface area contributed by atoms with Crippen molar-refractivity contribution in [1.29, 1.82) is 0 Å². The molecule has 3 rings (SSSR count). The summed E-state index contributed by atoms with van der Waals surface area (Å²) in [6.45, 7) is 2.36. The molecule has 5 N–H and O–H groups in total. The van der Waals surface area contributed by atoms with Gasteiger partial charge >= 0.3 is 5.97 Å². The van der Waals surface area contributed by atoms with E-state index in [0.29, 0.717) is 12.2 Å². The minimum absolute atomic E-state index is 0.0764. The molecule has 3 aromatic rings. The molecule has 0 aliphatic heterocycles. The minimum atomic E-state index is -0.346. The lowest BCUT2D eigenvalue weighted by atomic mass is 10.2. The van der Waals surface area contributed by atoms with Crippen LogP contribution in [0.15, 0.2) is 72.8 Å². The van der Waals surface area contributed by atoms with E-state index in [9.17, 15) is 4.79 Å². The zero-order valence-electron chi connectivity index (χ0n) is 15.9. The van der Waals surface area contributed by atoms with E-state index in [2.05, 4.69) is 0 Å². The lowest BCUT2D eigenvalue weighted by Crippen LogP contribution is -2.05. The molecule has 0 aliphatic rings. The van der Waals surface area contributed by atoms with Crippen LogP contribution >= 0.6 is 0 Å². The Hall–Kier alpha value is -3.87. The summed E-state index contributed by atoms with van der Waals surface area (Å²) in [5, 5.41) is 43.6. The lowest BCUT2D eigenvalue weighted by molar-refractivity contribution is 0.0505. The fourth-order valence-corrected chi connectivity index (χ4v) is 1.83. The molecule has 0 saturated carbocycles. The molecule has 0 aliphatic carbocycles. The zero-order valence-corrected chi connectivity index (χ0v) is 15.9. The molecule has 0 bridgehead atoms. The Kier molecular flexibility index (Phi) is 9.99. The largest absolute Gasteiger partial charge is 0.508 e. The second-order valence-corrected chi connectivity index (χ2v) is 5.69. The van der Waals surface area contributed by atoms with E-state index in [-0.39, 0.29) is 34.7 Å². The van der Waals surface area contributed by atoms with E-state index in [1.807, 2.05) is 6.92 Å². The predicted octanol–water partition coefficient (Wildman–Crippen LogP) is 4.15. The fraction of sp³-hybridized carbons (Fsp3) is 0.136. The second kappa shape index (κ2) is 12.5. The summed E-state index contributed by atoms with van der Waals surface area (Å²) in [6, 6.07) is 18.0. The van der Waals surface area contributed by atoms with E-state index < -0.39 is 0 Å². The molecule has 0 radical (unpaired) electrons. The number of hydrogen-bond donors (Lipinski definition) is 5. The van der Waals surface area contributed by atoms with E-state index >= 15 is 0 Å². The van der Waals surface area contributed by atoms with Gasteiger partial charge in [-0.2, -0.15) is 0 Å². The molecule has 0 saturated heterocycles. The summed E-state index contributed by atoms with van der Waals surface area (Å²) >= 11 is 0. The van der Waals surface area contributed by atoms with Crippen LogP contribution in [0.5, 0.6) is 28.7 Å². The van der Waals surface area contributed by atoms with Crippen LogP contribution in [-0.2, 0) is 4.74 Å². The van der Waals surface area contributed by atoms with Crippen molar-refractivity contribution in [3.8, 4) is 28.7 Å². The standard InChI is InChI=1S/C10H12O3.2C6H6O2/c1-2-7-13-10(12)8-3-5-9(11)6-4-8;7-5-2-1-3-6(8)4-5;7-5-3-1-2-4-6(5)8/h3-6,11H,2,7H2,1H3;2*1-4,7-8H. The third-order valence-electron chi connectivity index (χ3n) is 3.25. The summed E-state index contributed by atoms with van der Waals surface area (Å²) in [4.78, 5) is 11.2. The van der Waals surface area contributed by atoms with Crippen LogP contribution in [0.1, 0.15) is 23.7 Å². The minimum Gasteiger partial charge on any atom is -0.508 e. The molecule has 29 heavy (non-hydrogen) atoms.